The van der Waals surface area contributed by atoms with Crippen LogP contribution in [0.25, 0.3) is 21.0 Å². The van der Waals surface area contributed by atoms with E-state index in [-0.39, 0.29) is 5.91 Å². The summed E-state index contributed by atoms with van der Waals surface area (Å²) in [6.07, 6.45) is 6.24. The normalized spacial score (nSPS) is 11.3. The number of anilines is 1. The van der Waals surface area contributed by atoms with Gasteiger partial charge in [-0.2, -0.15) is 0 Å². The fourth-order valence-corrected chi connectivity index (χ4v) is 4.90. The summed E-state index contributed by atoms with van der Waals surface area (Å²) in [6, 6.07) is 19.6. The maximum atomic E-state index is 13.6. The number of halogens is 1. The Morgan fingerprint density at radius 2 is 1.94 bits per heavy atom. The van der Waals surface area contributed by atoms with E-state index in [1.165, 1.54) is 11.3 Å². The van der Waals surface area contributed by atoms with Crippen molar-refractivity contribution in [2.45, 2.75) is 13.0 Å². The number of imidazole rings is 1. The molecule has 5 aromatic rings. The summed E-state index contributed by atoms with van der Waals surface area (Å²) < 4.78 is 2.97. The number of rotatable bonds is 6. The predicted octanol–water partition coefficient (Wildman–Crippen LogP) is 6.04. The van der Waals surface area contributed by atoms with Crippen LogP contribution >= 0.6 is 22.9 Å². The Hall–Kier alpha value is -3.22. The lowest BCUT2D eigenvalue weighted by molar-refractivity contribution is 0.0986. The Balaban J connectivity index is 1.49. The first-order chi connectivity index (χ1) is 15.2. The minimum Gasteiger partial charge on any atom is -0.337 e. The van der Waals surface area contributed by atoms with Crippen LogP contribution in [-0.2, 0) is 6.54 Å². The Morgan fingerprint density at radius 3 is 2.74 bits per heavy atom. The number of hydrogen-bond acceptors (Lipinski definition) is 4. The number of fused-ring (bicyclic) bond motifs is 2. The predicted molar refractivity (Wildman–Crippen MR) is 127 cm³/mol. The van der Waals surface area contributed by atoms with Crippen molar-refractivity contribution in [3.8, 4) is 0 Å². The molecule has 1 amide bonds. The summed E-state index contributed by atoms with van der Waals surface area (Å²) in [5.74, 6) is -0.0634. The number of aryl methyl sites for hydroxylation is 1. The van der Waals surface area contributed by atoms with E-state index in [1.807, 2.05) is 71.4 Å². The smallest absolute Gasteiger partial charge is 0.260 e. The first-order valence-electron chi connectivity index (χ1n) is 10.0. The summed E-state index contributed by atoms with van der Waals surface area (Å²) in [4.78, 5) is 24.1. The Labute approximate surface area is 188 Å². The SMILES string of the molecule is O=C(c1ccc2ccccc2c1)N(CCCn1ccnc1)c1nc2c(Cl)cccc2s1. The molecule has 154 valence electrons. The van der Waals surface area contributed by atoms with E-state index in [4.69, 9.17) is 16.6 Å². The van der Waals surface area contributed by atoms with Crippen LogP contribution in [0, 0.1) is 0 Å². The van der Waals surface area contributed by atoms with Crippen molar-refractivity contribution in [1.82, 2.24) is 14.5 Å². The van der Waals surface area contributed by atoms with Gasteiger partial charge in [-0.3, -0.25) is 9.69 Å². The van der Waals surface area contributed by atoms with Gasteiger partial charge in [0.15, 0.2) is 5.13 Å². The average molecular weight is 447 g/mol. The third-order valence-electron chi connectivity index (χ3n) is 5.19. The van der Waals surface area contributed by atoms with Gasteiger partial charge in [-0.25, -0.2) is 9.97 Å². The third kappa shape index (κ3) is 4.04. The van der Waals surface area contributed by atoms with Crippen molar-refractivity contribution in [3.05, 3.63) is 90.0 Å². The zero-order valence-corrected chi connectivity index (χ0v) is 18.2. The monoisotopic (exact) mass is 446 g/mol. The molecule has 2 aromatic heterocycles. The molecule has 0 saturated heterocycles. The Kier molecular flexibility index (Phi) is 5.40. The van der Waals surface area contributed by atoms with Crippen LogP contribution in [0.4, 0.5) is 5.13 Å². The standard InChI is InChI=1S/C24H19ClN4OS/c25-20-7-3-8-21-22(20)27-24(31-21)29(13-4-12-28-14-11-26-16-28)23(30)19-10-9-17-5-1-2-6-18(17)15-19/h1-3,5-11,14-16H,4,12-13H2. The number of amides is 1. The van der Waals surface area contributed by atoms with Gasteiger partial charge >= 0.3 is 0 Å². The highest BCUT2D eigenvalue weighted by molar-refractivity contribution is 7.22. The van der Waals surface area contributed by atoms with Gasteiger partial charge in [0.2, 0.25) is 0 Å². The van der Waals surface area contributed by atoms with E-state index in [1.54, 1.807) is 17.4 Å². The molecule has 0 spiro atoms. The number of aromatic nitrogens is 3. The molecule has 31 heavy (non-hydrogen) atoms. The van der Waals surface area contributed by atoms with Gasteiger partial charge in [0.25, 0.3) is 5.91 Å². The summed E-state index contributed by atoms with van der Waals surface area (Å²) in [6.45, 7) is 1.31. The first-order valence-corrected chi connectivity index (χ1v) is 11.2. The van der Waals surface area contributed by atoms with Crippen molar-refractivity contribution in [3.63, 3.8) is 0 Å². The fourth-order valence-electron chi connectivity index (χ4n) is 3.61. The largest absolute Gasteiger partial charge is 0.337 e. The van der Waals surface area contributed by atoms with Crippen LogP contribution in [-0.4, -0.2) is 27.0 Å². The molecule has 5 rings (SSSR count). The maximum absolute atomic E-state index is 13.6. The number of hydrogen-bond donors (Lipinski definition) is 0. The molecule has 2 heterocycles. The molecule has 0 aliphatic carbocycles. The Morgan fingerprint density at radius 1 is 1.06 bits per heavy atom. The lowest BCUT2D eigenvalue weighted by Crippen LogP contribution is -2.32. The molecular weight excluding hydrogens is 428 g/mol. The molecule has 7 heteroatoms. The zero-order chi connectivity index (χ0) is 21.2. The number of carbonyl (C=O) groups excluding carboxylic acids is 1. The van der Waals surface area contributed by atoms with Crippen LogP contribution in [0.5, 0.6) is 0 Å². The number of para-hydroxylation sites is 1. The van der Waals surface area contributed by atoms with Gasteiger partial charge in [0, 0.05) is 31.0 Å². The molecule has 0 bridgehead atoms. The molecule has 3 aromatic carbocycles. The highest BCUT2D eigenvalue weighted by atomic mass is 35.5. The van der Waals surface area contributed by atoms with Gasteiger partial charge in [-0.05, 0) is 41.5 Å². The lowest BCUT2D eigenvalue weighted by atomic mass is 10.1. The molecule has 0 aliphatic heterocycles. The van der Waals surface area contributed by atoms with E-state index in [0.29, 0.717) is 22.3 Å². The van der Waals surface area contributed by atoms with Crippen molar-refractivity contribution >= 4 is 55.0 Å². The average Bonchev–Trinajstić information content (AvgIpc) is 3.46. The second-order valence-corrected chi connectivity index (χ2v) is 8.67. The van der Waals surface area contributed by atoms with Crippen LogP contribution in [0.3, 0.4) is 0 Å². The quantitative estimate of drug-likeness (QED) is 0.319. The van der Waals surface area contributed by atoms with Crippen molar-refractivity contribution < 1.29 is 4.79 Å². The zero-order valence-electron chi connectivity index (χ0n) is 16.6. The van der Waals surface area contributed by atoms with Crippen molar-refractivity contribution in [1.29, 1.82) is 0 Å². The molecule has 0 atom stereocenters. The highest BCUT2D eigenvalue weighted by Gasteiger charge is 2.22. The van der Waals surface area contributed by atoms with Gasteiger partial charge in [0.05, 0.1) is 16.0 Å². The van der Waals surface area contributed by atoms with E-state index in [0.717, 1.165) is 34.0 Å². The molecule has 0 radical (unpaired) electrons. The minimum absolute atomic E-state index is 0.0634. The van der Waals surface area contributed by atoms with E-state index in [2.05, 4.69) is 4.98 Å². The van der Waals surface area contributed by atoms with Crippen molar-refractivity contribution in [2.75, 3.05) is 11.4 Å². The van der Waals surface area contributed by atoms with E-state index < -0.39 is 0 Å². The Bertz CT molecular complexity index is 1360. The van der Waals surface area contributed by atoms with Gasteiger partial charge in [-0.15, -0.1) is 0 Å². The molecule has 0 saturated carbocycles. The van der Waals surface area contributed by atoms with E-state index in [9.17, 15) is 4.79 Å². The topological polar surface area (TPSA) is 51.0 Å². The van der Waals surface area contributed by atoms with Crippen LogP contribution in [0.2, 0.25) is 5.02 Å². The lowest BCUT2D eigenvalue weighted by Gasteiger charge is -2.20. The second kappa shape index (κ2) is 8.49. The second-order valence-electron chi connectivity index (χ2n) is 7.26. The molecule has 0 fully saturated rings. The molecule has 0 unspecified atom stereocenters. The molecule has 0 N–H and O–H groups in total. The highest BCUT2D eigenvalue weighted by Crippen LogP contribution is 2.33. The summed E-state index contributed by atoms with van der Waals surface area (Å²) in [7, 11) is 0. The van der Waals surface area contributed by atoms with E-state index >= 15 is 0 Å². The van der Waals surface area contributed by atoms with Crippen LogP contribution < -0.4 is 4.90 Å². The van der Waals surface area contributed by atoms with Crippen molar-refractivity contribution in [2.24, 2.45) is 0 Å². The number of thiazole rings is 1. The summed E-state index contributed by atoms with van der Waals surface area (Å²) in [5, 5.41) is 3.40. The molecular formula is C24H19ClN4OS. The van der Waals surface area contributed by atoms with Gasteiger partial charge in [-0.1, -0.05) is 59.3 Å². The van der Waals surface area contributed by atoms with Gasteiger partial charge < -0.3 is 4.57 Å². The number of benzene rings is 3. The van der Waals surface area contributed by atoms with Crippen LogP contribution in [0.15, 0.2) is 79.4 Å². The van der Waals surface area contributed by atoms with Crippen LogP contribution in [0.1, 0.15) is 16.8 Å². The van der Waals surface area contributed by atoms with Gasteiger partial charge in [0.1, 0.15) is 5.52 Å². The number of nitrogens with zero attached hydrogens (tertiary/aromatic N) is 4. The molecule has 5 nitrogen and oxygen atoms in total. The summed E-state index contributed by atoms with van der Waals surface area (Å²) >= 11 is 7.82. The number of carbonyl (C=O) groups is 1. The maximum Gasteiger partial charge on any atom is 0.260 e. The fraction of sp³-hybridized carbons (Fsp3) is 0.125. The minimum atomic E-state index is -0.0634. The summed E-state index contributed by atoms with van der Waals surface area (Å²) in [5.41, 5.74) is 1.38. The molecule has 0 aliphatic rings. The first kappa shape index (κ1) is 19.7. The third-order valence-corrected chi connectivity index (χ3v) is 6.54.